The molecule has 3 aromatic rings. The molecule has 1 aromatic heterocycles. The molecule has 2 aromatic carbocycles. The van der Waals surface area contributed by atoms with Crippen LogP contribution in [0.25, 0.3) is 11.1 Å². The van der Waals surface area contributed by atoms with E-state index in [-0.39, 0.29) is 6.04 Å². The third-order valence-electron chi connectivity index (χ3n) is 7.51. The maximum absolute atomic E-state index is 13.3. The van der Waals surface area contributed by atoms with Crippen molar-refractivity contribution in [2.45, 2.75) is 70.1 Å². The standard InChI is InChI=1S/C31H37N3O4/c1-21(22-11-13-23(14-12-22)24-15-16-26(33-19-24)30(4,5)27(32)35)34-18-17-31(38-28(34)36,20-29(2,3)37)25-9-7-6-8-10-25/h6-16,19,21,37H,17-18,20H2,1-5H3,(H2,32,35)/t21-,31?/m0/s1. The number of hydrogen-bond donors (Lipinski definition) is 2. The fourth-order valence-electron chi connectivity index (χ4n) is 5.09. The summed E-state index contributed by atoms with van der Waals surface area (Å²) >= 11 is 0. The zero-order valence-electron chi connectivity index (χ0n) is 22.8. The van der Waals surface area contributed by atoms with E-state index in [1.165, 1.54) is 0 Å². The first kappa shape index (κ1) is 27.3. The van der Waals surface area contributed by atoms with Crippen molar-refractivity contribution in [3.63, 3.8) is 0 Å². The molecule has 2 heterocycles. The average molecular weight is 516 g/mol. The maximum Gasteiger partial charge on any atom is 0.411 e. The molecule has 200 valence electrons. The first-order chi connectivity index (χ1) is 17.8. The van der Waals surface area contributed by atoms with Gasteiger partial charge in [0.05, 0.1) is 22.8 Å². The first-order valence-corrected chi connectivity index (χ1v) is 13.0. The molecule has 7 heteroatoms. The van der Waals surface area contributed by atoms with Crippen LogP contribution >= 0.6 is 0 Å². The van der Waals surface area contributed by atoms with E-state index in [1.54, 1.807) is 38.8 Å². The van der Waals surface area contributed by atoms with Gasteiger partial charge >= 0.3 is 6.09 Å². The molecular weight excluding hydrogens is 478 g/mol. The summed E-state index contributed by atoms with van der Waals surface area (Å²) in [6.07, 6.45) is 2.25. The number of nitrogens with two attached hydrogens (primary N) is 1. The fourth-order valence-corrected chi connectivity index (χ4v) is 5.09. The molecular formula is C31H37N3O4. The Morgan fingerprint density at radius 1 is 1.05 bits per heavy atom. The first-order valence-electron chi connectivity index (χ1n) is 13.0. The number of carbonyl (C=O) groups excluding carboxylic acids is 2. The summed E-state index contributed by atoms with van der Waals surface area (Å²) in [5.41, 5.74) is 7.20. The Balaban J connectivity index is 1.50. The van der Waals surface area contributed by atoms with Crippen molar-refractivity contribution in [2.75, 3.05) is 6.54 Å². The summed E-state index contributed by atoms with van der Waals surface area (Å²) in [7, 11) is 0. The lowest BCUT2D eigenvalue weighted by molar-refractivity contribution is -0.122. The van der Waals surface area contributed by atoms with Crippen LogP contribution in [0.2, 0.25) is 0 Å². The quantitative estimate of drug-likeness (QED) is 0.414. The molecule has 1 fully saturated rings. The second kappa shape index (κ2) is 10.2. The van der Waals surface area contributed by atoms with Gasteiger partial charge in [-0.15, -0.1) is 0 Å². The van der Waals surface area contributed by atoms with Gasteiger partial charge < -0.3 is 20.5 Å². The molecule has 1 aliphatic heterocycles. The number of pyridine rings is 1. The summed E-state index contributed by atoms with van der Waals surface area (Å²) in [6.45, 7) is 9.49. The summed E-state index contributed by atoms with van der Waals surface area (Å²) in [4.78, 5) is 31.3. The number of aliphatic hydroxyl groups is 1. The van der Waals surface area contributed by atoms with E-state index in [4.69, 9.17) is 10.5 Å². The highest BCUT2D eigenvalue weighted by molar-refractivity contribution is 5.85. The van der Waals surface area contributed by atoms with E-state index >= 15 is 0 Å². The third-order valence-corrected chi connectivity index (χ3v) is 7.51. The third kappa shape index (κ3) is 5.58. The summed E-state index contributed by atoms with van der Waals surface area (Å²) < 4.78 is 6.13. The van der Waals surface area contributed by atoms with Crippen LogP contribution in [-0.2, 0) is 20.5 Å². The molecule has 38 heavy (non-hydrogen) atoms. The Kier molecular flexibility index (Phi) is 7.35. The smallest absolute Gasteiger partial charge is 0.411 e. The second-order valence-corrected chi connectivity index (χ2v) is 11.4. The Bertz CT molecular complexity index is 1280. The highest BCUT2D eigenvalue weighted by atomic mass is 16.6. The number of hydrogen-bond acceptors (Lipinski definition) is 5. The van der Waals surface area contributed by atoms with Crippen molar-refractivity contribution in [1.29, 1.82) is 0 Å². The maximum atomic E-state index is 13.3. The van der Waals surface area contributed by atoms with Crippen molar-refractivity contribution >= 4 is 12.0 Å². The van der Waals surface area contributed by atoms with Crippen molar-refractivity contribution in [3.05, 3.63) is 89.7 Å². The van der Waals surface area contributed by atoms with Gasteiger partial charge in [-0.25, -0.2) is 4.79 Å². The molecule has 0 spiro atoms. The molecule has 2 atom stereocenters. The van der Waals surface area contributed by atoms with Crippen molar-refractivity contribution in [2.24, 2.45) is 5.73 Å². The van der Waals surface area contributed by atoms with Crippen LogP contribution < -0.4 is 5.73 Å². The number of ether oxygens (including phenoxy) is 1. The van der Waals surface area contributed by atoms with Crippen molar-refractivity contribution < 1.29 is 19.4 Å². The van der Waals surface area contributed by atoms with Crippen LogP contribution in [0.5, 0.6) is 0 Å². The Morgan fingerprint density at radius 2 is 1.68 bits per heavy atom. The molecule has 0 aliphatic carbocycles. The zero-order valence-corrected chi connectivity index (χ0v) is 22.8. The van der Waals surface area contributed by atoms with E-state index < -0.39 is 28.6 Å². The van der Waals surface area contributed by atoms with E-state index in [1.807, 2.05) is 73.7 Å². The molecule has 4 rings (SSSR count). The van der Waals surface area contributed by atoms with Gasteiger partial charge in [0.25, 0.3) is 0 Å². The summed E-state index contributed by atoms with van der Waals surface area (Å²) in [5, 5.41) is 10.6. The fraction of sp³-hybridized carbons (Fsp3) is 0.387. The predicted molar refractivity (Wildman–Crippen MR) is 147 cm³/mol. The monoisotopic (exact) mass is 515 g/mol. The summed E-state index contributed by atoms with van der Waals surface area (Å²) in [6, 6.07) is 21.3. The van der Waals surface area contributed by atoms with Crippen LogP contribution in [0.3, 0.4) is 0 Å². The lowest BCUT2D eigenvalue weighted by atomic mass is 9.80. The number of cyclic esters (lactones) is 1. The predicted octanol–water partition coefficient (Wildman–Crippen LogP) is 5.47. The number of aromatic nitrogens is 1. The van der Waals surface area contributed by atoms with E-state index in [9.17, 15) is 14.7 Å². The topological polar surface area (TPSA) is 106 Å². The Morgan fingerprint density at radius 3 is 2.21 bits per heavy atom. The van der Waals surface area contributed by atoms with E-state index in [0.717, 1.165) is 22.3 Å². The molecule has 3 N–H and O–H groups in total. The Hall–Kier alpha value is -3.71. The number of carbonyl (C=O) groups is 2. The van der Waals surface area contributed by atoms with Crippen molar-refractivity contribution in [3.8, 4) is 11.1 Å². The van der Waals surface area contributed by atoms with Gasteiger partial charge in [-0.2, -0.15) is 0 Å². The SMILES string of the molecule is C[C@@H](c1ccc(-c2ccc(C(C)(C)C(N)=O)nc2)cc1)N1CCC(CC(C)(C)O)(c2ccccc2)OC1=O. The number of amides is 2. The van der Waals surface area contributed by atoms with Gasteiger partial charge in [0.15, 0.2) is 0 Å². The number of benzene rings is 2. The Labute approximate surface area is 224 Å². The normalized spacial score (nSPS) is 19.1. The zero-order chi connectivity index (χ0) is 27.7. The summed E-state index contributed by atoms with van der Waals surface area (Å²) in [5.74, 6) is -0.423. The van der Waals surface area contributed by atoms with Crippen LogP contribution in [0, 0.1) is 0 Å². The van der Waals surface area contributed by atoms with E-state index in [2.05, 4.69) is 4.98 Å². The number of nitrogens with zero attached hydrogens (tertiary/aromatic N) is 2. The largest absolute Gasteiger partial charge is 0.438 e. The molecule has 1 unspecified atom stereocenters. The highest BCUT2D eigenvalue weighted by Crippen LogP contribution is 2.42. The van der Waals surface area contributed by atoms with Gasteiger partial charge in [-0.3, -0.25) is 9.78 Å². The minimum Gasteiger partial charge on any atom is -0.438 e. The number of rotatable bonds is 8. The molecule has 0 saturated carbocycles. The number of primary amides is 1. The van der Waals surface area contributed by atoms with Crippen LogP contribution in [0.15, 0.2) is 72.9 Å². The highest BCUT2D eigenvalue weighted by Gasteiger charge is 2.46. The minimum absolute atomic E-state index is 0.190. The molecule has 1 aliphatic rings. The van der Waals surface area contributed by atoms with E-state index in [0.29, 0.717) is 25.1 Å². The molecule has 2 amide bonds. The average Bonchev–Trinajstić information content (AvgIpc) is 2.88. The molecule has 0 radical (unpaired) electrons. The molecule has 7 nitrogen and oxygen atoms in total. The van der Waals surface area contributed by atoms with Gasteiger partial charge in [0.1, 0.15) is 5.60 Å². The van der Waals surface area contributed by atoms with Crippen LogP contribution in [-0.4, -0.2) is 39.1 Å². The van der Waals surface area contributed by atoms with Gasteiger partial charge in [0.2, 0.25) is 5.91 Å². The lowest BCUT2D eigenvalue weighted by Gasteiger charge is -2.45. The van der Waals surface area contributed by atoms with Gasteiger partial charge in [0, 0.05) is 31.1 Å². The second-order valence-electron chi connectivity index (χ2n) is 11.4. The van der Waals surface area contributed by atoms with Crippen molar-refractivity contribution in [1.82, 2.24) is 9.88 Å². The van der Waals surface area contributed by atoms with Crippen LogP contribution in [0.1, 0.15) is 70.3 Å². The molecule has 1 saturated heterocycles. The lowest BCUT2D eigenvalue weighted by Crippen LogP contribution is -2.51. The minimum atomic E-state index is -0.998. The molecule has 0 bridgehead atoms. The van der Waals surface area contributed by atoms with Gasteiger partial charge in [-0.05, 0) is 57.4 Å². The van der Waals surface area contributed by atoms with Crippen LogP contribution in [0.4, 0.5) is 4.79 Å². The van der Waals surface area contributed by atoms with Gasteiger partial charge in [-0.1, -0.05) is 60.7 Å².